The van der Waals surface area contributed by atoms with E-state index in [0.29, 0.717) is 5.82 Å². The second-order valence-electron chi connectivity index (χ2n) is 4.23. The van der Waals surface area contributed by atoms with Gasteiger partial charge in [-0.3, -0.25) is 0 Å². The third kappa shape index (κ3) is 3.07. The van der Waals surface area contributed by atoms with Crippen LogP contribution in [0.5, 0.6) is 0 Å². The molecule has 0 fully saturated rings. The Hall–Kier alpha value is -2.43. The van der Waals surface area contributed by atoms with Gasteiger partial charge < -0.3 is 10.4 Å². The molecule has 2 aromatic rings. The fourth-order valence-corrected chi connectivity index (χ4v) is 1.79. The number of nitrogens with one attached hydrogen (secondary N) is 1. The molecule has 0 bridgehead atoms. The number of hydrogen-bond donors (Lipinski definition) is 2. The molecule has 0 aliphatic rings. The topological polar surface area (TPSA) is 75.1 Å². The lowest BCUT2D eigenvalue weighted by Crippen LogP contribution is -2.03. The van der Waals surface area contributed by atoms with E-state index in [1.807, 2.05) is 12.1 Å². The molecule has 0 spiro atoms. The minimum Gasteiger partial charge on any atom is -0.476 e. The molecule has 2 N–H and O–H groups in total. The maximum Gasteiger partial charge on any atom is 0.356 e. The highest BCUT2D eigenvalue weighted by Gasteiger charge is 2.05. The van der Waals surface area contributed by atoms with Gasteiger partial charge in [0.05, 0.1) is 0 Å². The van der Waals surface area contributed by atoms with Crippen molar-refractivity contribution >= 4 is 17.5 Å². The van der Waals surface area contributed by atoms with E-state index in [1.54, 1.807) is 6.07 Å². The Morgan fingerprint density at radius 2 is 2.05 bits per heavy atom. The molecule has 0 saturated carbocycles. The van der Waals surface area contributed by atoms with E-state index in [9.17, 15) is 4.79 Å². The van der Waals surface area contributed by atoms with Crippen LogP contribution in [0, 0.1) is 6.92 Å². The summed E-state index contributed by atoms with van der Waals surface area (Å²) in [5.74, 6) is -0.557. The van der Waals surface area contributed by atoms with Gasteiger partial charge in [-0.15, -0.1) is 10.2 Å². The summed E-state index contributed by atoms with van der Waals surface area (Å²) < 4.78 is 0. The Labute approximate surface area is 111 Å². The molecule has 0 aliphatic heterocycles. The molecule has 5 nitrogen and oxygen atoms in total. The van der Waals surface area contributed by atoms with Gasteiger partial charge in [0, 0.05) is 5.69 Å². The van der Waals surface area contributed by atoms with Crippen molar-refractivity contribution in [3.8, 4) is 0 Å². The van der Waals surface area contributed by atoms with Crippen LogP contribution >= 0.6 is 0 Å². The van der Waals surface area contributed by atoms with E-state index in [-0.39, 0.29) is 5.69 Å². The molecule has 0 radical (unpaired) electrons. The maximum atomic E-state index is 10.7. The molecular formula is C14H15N3O2. The number of carboxylic acids is 1. The fraction of sp³-hybridized carbons (Fsp3) is 0.214. The first kappa shape index (κ1) is 13.0. The average Bonchev–Trinajstić information content (AvgIpc) is 2.41. The monoisotopic (exact) mass is 257 g/mol. The Balaban J connectivity index is 2.19. The number of aryl methyl sites for hydroxylation is 2. The van der Waals surface area contributed by atoms with E-state index in [0.717, 1.165) is 12.1 Å². The lowest BCUT2D eigenvalue weighted by Gasteiger charge is -2.08. The molecule has 0 atom stereocenters. The van der Waals surface area contributed by atoms with Crippen LogP contribution in [-0.4, -0.2) is 21.3 Å². The number of aromatic nitrogens is 2. The summed E-state index contributed by atoms with van der Waals surface area (Å²) in [5.41, 5.74) is 3.36. The Bertz CT molecular complexity index is 594. The standard InChI is InChI=1S/C14H15N3O2/c1-3-10-8-11(5-4-9(10)2)15-13-7-6-12(14(18)19)16-17-13/h4-8H,3H2,1-2H3,(H,15,17)(H,18,19). The van der Waals surface area contributed by atoms with Crippen molar-refractivity contribution in [2.24, 2.45) is 0 Å². The number of aromatic carboxylic acids is 1. The molecule has 0 amide bonds. The number of anilines is 2. The third-order valence-corrected chi connectivity index (χ3v) is 2.89. The van der Waals surface area contributed by atoms with Crippen molar-refractivity contribution < 1.29 is 9.90 Å². The van der Waals surface area contributed by atoms with Crippen molar-refractivity contribution in [1.29, 1.82) is 0 Å². The number of rotatable bonds is 4. The predicted octanol–water partition coefficient (Wildman–Crippen LogP) is 2.79. The van der Waals surface area contributed by atoms with E-state index < -0.39 is 5.97 Å². The van der Waals surface area contributed by atoms with Crippen molar-refractivity contribution in [3.63, 3.8) is 0 Å². The Morgan fingerprint density at radius 1 is 1.26 bits per heavy atom. The van der Waals surface area contributed by atoms with E-state index in [2.05, 4.69) is 35.4 Å². The van der Waals surface area contributed by atoms with Crippen LogP contribution < -0.4 is 5.32 Å². The summed E-state index contributed by atoms with van der Waals surface area (Å²) in [6.45, 7) is 4.18. The maximum absolute atomic E-state index is 10.7. The van der Waals surface area contributed by atoms with E-state index >= 15 is 0 Å². The smallest absolute Gasteiger partial charge is 0.356 e. The zero-order chi connectivity index (χ0) is 13.8. The van der Waals surface area contributed by atoms with Gasteiger partial charge in [0.2, 0.25) is 0 Å². The van der Waals surface area contributed by atoms with Crippen LogP contribution in [-0.2, 0) is 6.42 Å². The fourth-order valence-electron chi connectivity index (χ4n) is 1.79. The first-order valence-corrected chi connectivity index (χ1v) is 6.03. The summed E-state index contributed by atoms with van der Waals surface area (Å²) in [4.78, 5) is 10.7. The summed E-state index contributed by atoms with van der Waals surface area (Å²) >= 11 is 0. The minimum absolute atomic E-state index is 0.0660. The van der Waals surface area contributed by atoms with Crippen molar-refractivity contribution in [3.05, 3.63) is 47.2 Å². The van der Waals surface area contributed by atoms with Crippen LogP contribution in [0.15, 0.2) is 30.3 Å². The largest absolute Gasteiger partial charge is 0.476 e. The van der Waals surface area contributed by atoms with Gasteiger partial charge in [-0.05, 0) is 48.7 Å². The number of carboxylic acid groups (broad SMARTS) is 1. The molecule has 5 heteroatoms. The quantitative estimate of drug-likeness (QED) is 0.880. The second kappa shape index (κ2) is 5.48. The molecule has 1 heterocycles. The number of benzene rings is 1. The number of carbonyl (C=O) groups is 1. The highest BCUT2D eigenvalue weighted by atomic mass is 16.4. The third-order valence-electron chi connectivity index (χ3n) is 2.89. The van der Waals surface area contributed by atoms with Crippen molar-refractivity contribution in [2.75, 3.05) is 5.32 Å². The molecule has 98 valence electrons. The van der Waals surface area contributed by atoms with Gasteiger partial charge in [-0.1, -0.05) is 13.0 Å². The highest BCUT2D eigenvalue weighted by Crippen LogP contribution is 2.19. The zero-order valence-corrected chi connectivity index (χ0v) is 10.8. The normalized spacial score (nSPS) is 10.2. The molecule has 1 aromatic carbocycles. The first-order chi connectivity index (χ1) is 9.10. The number of hydrogen-bond acceptors (Lipinski definition) is 4. The van der Waals surface area contributed by atoms with Gasteiger partial charge >= 0.3 is 5.97 Å². The van der Waals surface area contributed by atoms with Crippen LogP contribution in [0.25, 0.3) is 0 Å². The van der Waals surface area contributed by atoms with Crippen LogP contribution in [0.1, 0.15) is 28.5 Å². The minimum atomic E-state index is -1.08. The van der Waals surface area contributed by atoms with Gasteiger partial charge in [0.15, 0.2) is 11.5 Å². The zero-order valence-electron chi connectivity index (χ0n) is 10.8. The first-order valence-electron chi connectivity index (χ1n) is 6.03. The highest BCUT2D eigenvalue weighted by molar-refractivity contribution is 5.85. The Morgan fingerprint density at radius 3 is 2.63 bits per heavy atom. The molecule has 0 saturated heterocycles. The molecule has 19 heavy (non-hydrogen) atoms. The molecular weight excluding hydrogens is 242 g/mol. The summed E-state index contributed by atoms with van der Waals surface area (Å²) in [6.07, 6.45) is 0.963. The van der Waals surface area contributed by atoms with Crippen LogP contribution in [0.2, 0.25) is 0 Å². The van der Waals surface area contributed by atoms with Crippen molar-refractivity contribution in [1.82, 2.24) is 10.2 Å². The van der Waals surface area contributed by atoms with Gasteiger partial charge in [0.1, 0.15) is 0 Å². The molecule has 2 rings (SSSR count). The van der Waals surface area contributed by atoms with Gasteiger partial charge in [0.25, 0.3) is 0 Å². The second-order valence-corrected chi connectivity index (χ2v) is 4.23. The van der Waals surface area contributed by atoms with E-state index in [4.69, 9.17) is 5.11 Å². The summed E-state index contributed by atoms with van der Waals surface area (Å²) in [5, 5.41) is 19.3. The van der Waals surface area contributed by atoms with Crippen LogP contribution in [0.4, 0.5) is 11.5 Å². The molecule has 0 unspecified atom stereocenters. The van der Waals surface area contributed by atoms with Crippen molar-refractivity contribution in [2.45, 2.75) is 20.3 Å². The SMILES string of the molecule is CCc1cc(Nc2ccc(C(=O)O)nn2)ccc1C. The van der Waals surface area contributed by atoms with E-state index in [1.165, 1.54) is 17.2 Å². The lowest BCUT2D eigenvalue weighted by atomic mass is 10.1. The van der Waals surface area contributed by atoms with Crippen LogP contribution in [0.3, 0.4) is 0 Å². The number of nitrogens with zero attached hydrogens (tertiary/aromatic N) is 2. The molecule has 0 aliphatic carbocycles. The van der Waals surface area contributed by atoms with Gasteiger partial charge in [-0.2, -0.15) is 0 Å². The predicted molar refractivity (Wildman–Crippen MR) is 72.8 cm³/mol. The lowest BCUT2D eigenvalue weighted by molar-refractivity contribution is 0.0689. The Kier molecular flexibility index (Phi) is 3.75. The summed E-state index contributed by atoms with van der Waals surface area (Å²) in [7, 11) is 0. The molecule has 1 aromatic heterocycles. The average molecular weight is 257 g/mol. The summed E-state index contributed by atoms with van der Waals surface area (Å²) in [6, 6.07) is 9.08. The van der Waals surface area contributed by atoms with Gasteiger partial charge in [-0.25, -0.2) is 4.79 Å².